The van der Waals surface area contributed by atoms with E-state index in [0.29, 0.717) is 5.92 Å². The van der Waals surface area contributed by atoms with E-state index in [9.17, 15) is 0 Å². The van der Waals surface area contributed by atoms with Crippen LogP contribution in [0.3, 0.4) is 0 Å². The second-order valence-electron chi connectivity index (χ2n) is 13.1. The molecule has 2 heteroatoms. The number of thiophene rings is 1. The van der Waals surface area contributed by atoms with Crippen molar-refractivity contribution in [3.63, 3.8) is 0 Å². The number of nitrogens with zero attached hydrogens (tertiary/aromatic N) is 1. The van der Waals surface area contributed by atoms with Crippen LogP contribution in [0.15, 0.2) is 121 Å². The highest BCUT2D eigenvalue weighted by Gasteiger charge is 2.35. The minimum absolute atomic E-state index is 0.110. The Morgan fingerprint density at radius 1 is 0.500 bits per heavy atom. The van der Waals surface area contributed by atoms with Crippen LogP contribution < -0.4 is 4.90 Å². The zero-order valence-electron chi connectivity index (χ0n) is 25.6. The van der Waals surface area contributed by atoms with Gasteiger partial charge in [0.05, 0.1) is 0 Å². The summed E-state index contributed by atoms with van der Waals surface area (Å²) in [5.41, 5.74) is 8.21. The number of rotatable bonds is 6. The first kappa shape index (κ1) is 27.7. The first-order chi connectivity index (χ1) is 21.8. The highest BCUT2D eigenvalue weighted by Crippen LogP contribution is 2.46. The van der Waals surface area contributed by atoms with E-state index >= 15 is 0 Å². The van der Waals surface area contributed by atoms with Crippen LogP contribution in [0.1, 0.15) is 86.8 Å². The lowest BCUT2D eigenvalue weighted by Crippen LogP contribution is -2.30. The number of anilines is 3. The zero-order valence-corrected chi connectivity index (χ0v) is 26.4. The third kappa shape index (κ3) is 5.04. The molecule has 0 spiro atoms. The smallest absolute Gasteiger partial charge is 0.0468 e. The van der Waals surface area contributed by atoms with Gasteiger partial charge in [-0.15, -0.1) is 11.3 Å². The fourth-order valence-electron chi connectivity index (χ4n) is 8.22. The van der Waals surface area contributed by atoms with Gasteiger partial charge in [-0.3, -0.25) is 0 Å². The van der Waals surface area contributed by atoms with Gasteiger partial charge >= 0.3 is 0 Å². The van der Waals surface area contributed by atoms with E-state index in [1.807, 2.05) is 11.3 Å². The van der Waals surface area contributed by atoms with Gasteiger partial charge in [0, 0.05) is 42.6 Å². The first-order valence-corrected chi connectivity index (χ1v) is 17.6. The first-order valence-electron chi connectivity index (χ1n) is 16.8. The van der Waals surface area contributed by atoms with Crippen molar-refractivity contribution in [3.05, 3.63) is 138 Å². The van der Waals surface area contributed by atoms with Crippen LogP contribution in [0.4, 0.5) is 17.1 Å². The van der Waals surface area contributed by atoms with Crippen molar-refractivity contribution < 1.29 is 0 Å². The van der Waals surface area contributed by atoms with Gasteiger partial charge in [-0.05, 0) is 96.8 Å². The summed E-state index contributed by atoms with van der Waals surface area (Å²) in [4.78, 5) is 2.47. The van der Waals surface area contributed by atoms with Gasteiger partial charge in [-0.2, -0.15) is 0 Å². The normalized spacial score (nSPS) is 17.2. The van der Waals surface area contributed by atoms with E-state index in [0.717, 1.165) is 0 Å². The summed E-state index contributed by atoms with van der Waals surface area (Å²) in [7, 11) is 0. The van der Waals surface area contributed by atoms with E-state index in [4.69, 9.17) is 0 Å². The van der Waals surface area contributed by atoms with Crippen molar-refractivity contribution >= 4 is 48.6 Å². The summed E-state index contributed by atoms with van der Waals surface area (Å²) in [6.07, 6.45) is 13.2. The lowest BCUT2D eigenvalue weighted by Gasteiger charge is -2.39. The maximum Gasteiger partial charge on any atom is 0.0468 e. The Kier molecular flexibility index (Phi) is 7.48. The molecule has 0 aliphatic heterocycles. The molecule has 1 nitrogen and oxygen atoms in total. The molecule has 2 fully saturated rings. The molecule has 5 aromatic carbocycles. The average Bonchev–Trinajstić information content (AvgIpc) is 3.48. The fourth-order valence-corrected chi connectivity index (χ4v) is 9.30. The monoisotopic (exact) mass is 591 g/mol. The van der Waals surface area contributed by atoms with Gasteiger partial charge in [-0.1, -0.05) is 111 Å². The molecule has 2 aliphatic carbocycles. The molecule has 2 saturated carbocycles. The van der Waals surface area contributed by atoms with E-state index in [2.05, 4.69) is 126 Å². The summed E-state index contributed by atoms with van der Waals surface area (Å²) >= 11 is 1.89. The molecular formula is C42H41NS. The van der Waals surface area contributed by atoms with Crippen molar-refractivity contribution in [1.82, 2.24) is 0 Å². The highest BCUT2D eigenvalue weighted by molar-refractivity contribution is 7.25. The number of benzene rings is 5. The number of hydrogen-bond donors (Lipinski definition) is 0. The summed E-state index contributed by atoms with van der Waals surface area (Å²) in [5.74, 6) is 0.712. The number of fused-ring (bicyclic) bond motifs is 3. The van der Waals surface area contributed by atoms with Crippen molar-refractivity contribution in [2.75, 3.05) is 4.90 Å². The molecule has 0 bridgehead atoms. The molecule has 0 N–H and O–H groups in total. The molecule has 0 atom stereocenters. The Bertz CT molecular complexity index is 1850. The number of hydrogen-bond acceptors (Lipinski definition) is 2. The molecule has 220 valence electrons. The van der Waals surface area contributed by atoms with Crippen LogP contribution in [-0.2, 0) is 5.41 Å². The minimum Gasteiger partial charge on any atom is -0.310 e. The molecular weight excluding hydrogens is 551 g/mol. The largest absolute Gasteiger partial charge is 0.310 e. The SMILES string of the molecule is c1ccc(C2(c3ccc(N(c4ccc(C5CCCCC5)cc4)c4ccc5sc6ccccc6c5c4)cc3)CCCCC2)cc1. The topological polar surface area (TPSA) is 3.24 Å². The molecule has 0 saturated heterocycles. The van der Waals surface area contributed by atoms with Gasteiger partial charge in [-0.25, -0.2) is 0 Å². The molecule has 44 heavy (non-hydrogen) atoms. The summed E-state index contributed by atoms with van der Waals surface area (Å²) < 4.78 is 2.70. The molecule has 2 aliphatic rings. The van der Waals surface area contributed by atoms with Crippen LogP contribution in [0.2, 0.25) is 0 Å². The molecule has 6 aromatic rings. The van der Waals surface area contributed by atoms with Gasteiger partial charge < -0.3 is 4.90 Å². The van der Waals surface area contributed by atoms with Gasteiger partial charge in [0.1, 0.15) is 0 Å². The molecule has 1 aromatic heterocycles. The van der Waals surface area contributed by atoms with Gasteiger partial charge in [0.15, 0.2) is 0 Å². The van der Waals surface area contributed by atoms with Crippen LogP contribution in [0.25, 0.3) is 20.2 Å². The second kappa shape index (κ2) is 11.9. The van der Waals surface area contributed by atoms with Crippen molar-refractivity contribution in [2.45, 2.75) is 75.5 Å². The van der Waals surface area contributed by atoms with Crippen molar-refractivity contribution in [1.29, 1.82) is 0 Å². The standard InChI is InChI=1S/C42H41NS/c1-4-12-31(13-5-1)32-18-22-35(23-19-32)43(37-26-27-41-39(30-37)38-16-8-9-17-40(38)44-41)36-24-20-34(21-25-36)42(28-10-3-11-29-42)33-14-6-2-7-15-33/h2,6-9,14-27,30-31H,1,3-5,10-13,28-29H2. The van der Waals surface area contributed by atoms with Crippen molar-refractivity contribution in [3.8, 4) is 0 Å². The molecule has 1 heterocycles. The third-order valence-corrected chi connectivity index (χ3v) is 11.7. The maximum absolute atomic E-state index is 2.47. The highest BCUT2D eigenvalue weighted by atomic mass is 32.1. The van der Waals surface area contributed by atoms with E-state index in [1.165, 1.54) is 118 Å². The van der Waals surface area contributed by atoms with Gasteiger partial charge in [0.25, 0.3) is 0 Å². The predicted octanol–water partition coefficient (Wildman–Crippen LogP) is 12.8. The molecule has 8 rings (SSSR count). The van der Waals surface area contributed by atoms with Gasteiger partial charge in [0.2, 0.25) is 0 Å². The Morgan fingerprint density at radius 3 is 1.84 bits per heavy atom. The Hall–Kier alpha value is -3.88. The quantitative estimate of drug-likeness (QED) is 0.186. The van der Waals surface area contributed by atoms with E-state index in [-0.39, 0.29) is 5.41 Å². The third-order valence-electron chi connectivity index (χ3n) is 10.6. The summed E-state index contributed by atoms with van der Waals surface area (Å²) in [5, 5.41) is 2.69. The van der Waals surface area contributed by atoms with E-state index < -0.39 is 0 Å². The zero-order chi connectivity index (χ0) is 29.3. The summed E-state index contributed by atoms with van der Waals surface area (Å²) in [6, 6.07) is 46.2. The average molecular weight is 592 g/mol. The minimum atomic E-state index is 0.110. The molecule has 0 amide bonds. The molecule has 0 radical (unpaired) electrons. The van der Waals surface area contributed by atoms with Crippen LogP contribution in [0.5, 0.6) is 0 Å². The van der Waals surface area contributed by atoms with Crippen LogP contribution >= 0.6 is 11.3 Å². The lowest BCUT2D eigenvalue weighted by atomic mass is 9.65. The van der Waals surface area contributed by atoms with Crippen molar-refractivity contribution in [2.24, 2.45) is 0 Å². The summed E-state index contributed by atoms with van der Waals surface area (Å²) in [6.45, 7) is 0. The maximum atomic E-state index is 2.47. The second-order valence-corrected chi connectivity index (χ2v) is 14.2. The molecule has 0 unspecified atom stereocenters. The fraction of sp³-hybridized carbons (Fsp3) is 0.286. The Balaban J connectivity index is 1.22. The lowest BCUT2D eigenvalue weighted by molar-refractivity contribution is 0.346. The Morgan fingerprint density at radius 2 is 1.09 bits per heavy atom. The van der Waals surface area contributed by atoms with E-state index in [1.54, 1.807) is 0 Å². The Labute approximate surface area is 266 Å². The van der Waals surface area contributed by atoms with Crippen LogP contribution in [0, 0.1) is 0 Å². The predicted molar refractivity (Wildman–Crippen MR) is 190 cm³/mol. The van der Waals surface area contributed by atoms with Crippen LogP contribution in [-0.4, -0.2) is 0 Å².